The maximum absolute atomic E-state index is 11.6. The zero-order valence-electron chi connectivity index (χ0n) is 8.37. The summed E-state index contributed by atoms with van der Waals surface area (Å²) in [5.74, 6) is -1.39. The minimum Gasteiger partial charge on any atom is -0.449 e. The molecule has 0 aromatic heterocycles. The number of benzene rings is 1. The number of carbonyl (C=O) groups excluding carboxylic acids is 2. The van der Waals surface area contributed by atoms with Gasteiger partial charge in [-0.2, -0.15) is 0 Å². The van der Waals surface area contributed by atoms with E-state index in [-0.39, 0.29) is 10.6 Å². The van der Waals surface area contributed by atoms with Gasteiger partial charge >= 0.3 is 5.97 Å². The number of nitrogens with two attached hydrogens (primary N) is 1. The zero-order valence-corrected chi connectivity index (χ0v) is 10.7. The molecule has 0 aliphatic carbocycles. The van der Waals surface area contributed by atoms with E-state index in [4.69, 9.17) is 22.1 Å². The Morgan fingerprint density at radius 1 is 1.50 bits per heavy atom. The van der Waals surface area contributed by atoms with E-state index in [1.807, 2.05) is 0 Å². The van der Waals surface area contributed by atoms with Gasteiger partial charge in [-0.05, 0) is 25.1 Å². The Morgan fingerprint density at radius 2 is 2.12 bits per heavy atom. The molecule has 6 heteroatoms. The molecule has 1 unspecified atom stereocenters. The van der Waals surface area contributed by atoms with Crippen LogP contribution in [-0.2, 0) is 9.53 Å². The standard InChI is InChI=1S/C10H9BrClNO3/c1-5(9(13)14)16-10(15)7-4-6(11)2-3-8(7)12/h2-5H,1H3,(H2,13,14). The van der Waals surface area contributed by atoms with Crippen LogP contribution in [0.25, 0.3) is 0 Å². The average molecular weight is 307 g/mol. The van der Waals surface area contributed by atoms with Crippen molar-refractivity contribution >= 4 is 39.4 Å². The van der Waals surface area contributed by atoms with E-state index in [9.17, 15) is 9.59 Å². The topological polar surface area (TPSA) is 69.4 Å². The van der Waals surface area contributed by atoms with Gasteiger partial charge in [0.05, 0.1) is 10.6 Å². The molecule has 1 aromatic rings. The summed E-state index contributed by atoms with van der Waals surface area (Å²) in [5.41, 5.74) is 5.16. The van der Waals surface area contributed by atoms with Crippen LogP contribution in [0.15, 0.2) is 22.7 Å². The third kappa shape index (κ3) is 3.21. The van der Waals surface area contributed by atoms with Crippen LogP contribution in [0.1, 0.15) is 17.3 Å². The lowest BCUT2D eigenvalue weighted by molar-refractivity contribution is -0.125. The van der Waals surface area contributed by atoms with E-state index >= 15 is 0 Å². The molecular formula is C10H9BrClNO3. The fourth-order valence-electron chi connectivity index (χ4n) is 0.936. The van der Waals surface area contributed by atoms with Crippen LogP contribution in [0.4, 0.5) is 0 Å². The monoisotopic (exact) mass is 305 g/mol. The minimum absolute atomic E-state index is 0.184. The fraction of sp³-hybridized carbons (Fsp3) is 0.200. The lowest BCUT2D eigenvalue weighted by Gasteiger charge is -2.10. The van der Waals surface area contributed by atoms with Gasteiger partial charge in [0.15, 0.2) is 6.10 Å². The summed E-state index contributed by atoms with van der Waals surface area (Å²) >= 11 is 9.02. The average Bonchev–Trinajstić information content (AvgIpc) is 2.21. The number of halogens is 2. The van der Waals surface area contributed by atoms with Crippen molar-refractivity contribution < 1.29 is 14.3 Å². The number of ether oxygens (including phenoxy) is 1. The molecular weight excluding hydrogens is 297 g/mol. The molecule has 0 saturated carbocycles. The van der Waals surface area contributed by atoms with Crippen LogP contribution in [0, 0.1) is 0 Å². The third-order valence-corrected chi connectivity index (χ3v) is 2.66. The van der Waals surface area contributed by atoms with E-state index in [0.29, 0.717) is 4.47 Å². The fourth-order valence-corrected chi connectivity index (χ4v) is 1.49. The van der Waals surface area contributed by atoms with Gasteiger partial charge in [0.1, 0.15) is 0 Å². The second-order valence-corrected chi connectivity index (χ2v) is 4.40. The Morgan fingerprint density at radius 3 is 2.69 bits per heavy atom. The van der Waals surface area contributed by atoms with E-state index in [0.717, 1.165) is 0 Å². The highest BCUT2D eigenvalue weighted by atomic mass is 79.9. The van der Waals surface area contributed by atoms with E-state index in [1.165, 1.54) is 13.0 Å². The third-order valence-electron chi connectivity index (χ3n) is 1.83. The minimum atomic E-state index is -0.984. The molecule has 1 amide bonds. The SMILES string of the molecule is CC(OC(=O)c1cc(Br)ccc1Cl)C(N)=O. The Hall–Kier alpha value is -1.07. The predicted octanol–water partition coefficient (Wildman–Crippen LogP) is 2.13. The molecule has 1 aromatic carbocycles. The number of carbonyl (C=O) groups is 2. The molecule has 2 N–H and O–H groups in total. The largest absolute Gasteiger partial charge is 0.449 e. The summed E-state index contributed by atoms with van der Waals surface area (Å²) in [6.07, 6.45) is -0.984. The molecule has 0 heterocycles. The van der Waals surface area contributed by atoms with Crippen molar-refractivity contribution in [2.24, 2.45) is 5.73 Å². The smallest absolute Gasteiger partial charge is 0.340 e. The quantitative estimate of drug-likeness (QED) is 0.870. The van der Waals surface area contributed by atoms with Gasteiger partial charge < -0.3 is 10.5 Å². The van der Waals surface area contributed by atoms with Gasteiger partial charge in [-0.1, -0.05) is 27.5 Å². The molecule has 0 bridgehead atoms. The van der Waals surface area contributed by atoms with Gasteiger partial charge in [0.25, 0.3) is 5.91 Å². The number of esters is 1. The normalized spacial score (nSPS) is 11.9. The van der Waals surface area contributed by atoms with Crippen molar-refractivity contribution in [1.29, 1.82) is 0 Å². The Kier molecular flexibility index (Phi) is 4.32. The van der Waals surface area contributed by atoms with Crippen LogP contribution in [-0.4, -0.2) is 18.0 Å². The van der Waals surface area contributed by atoms with Gasteiger partial charge in [-0.25, -0.2) is 4.79 Å². The van der Waals surface area contributed by atoms with E-state index in [1.54, 1.807) is 12.1 Å². The molecule has 0 saturated heterocycles. The van der Waals surface area contributed by atoms with Gasteiger partial charge in [0, 0.05) is 4.47 Å². The Labute approximate surface area is 106 Å². The highest BCUT2D eigenvalue weighted by Crippen LogP contribution is 2.22. The van der Waals surface area contributed by atoms with Crippen molar-refractivity contribution in [1.82, 2.24) is 0 Å². The first-order chi connectivity index (χ1) is 7.41. The molecule has 0 fully saturated rings. The second kappa shape index (κ2) is 5.32. The first kappa shape index (κ1) is 13.0. The molecule has 16 heavy (non-hydrogen) atoms. The predicted molar refractivity (Wildman–Crippen MR) is 63.2 cm³/mol. The van der Waals surface area contributed by atoms with Crippen molar-refractivity contribution in [3.05, 3.63) is 33.3 Å². The van der Waals surface area contributed by atoms with Crippen LogP contribution >= 0.6 is 27.5 Å². The van der Waals surface area contributed by atoms with Crippen molar-refractivity contribution in [2.75, 3.05) is 0 Å². The van der Waals surface area contributed by atoms with Crippen LogP contribution < -0.4 is 5.73 Å². The molecule has 0 aliphatic heterocycles. The van der Waals surface area contributed by atoms with Crippen molar-refractivity contribution in [2.45, 2.75) is 13.0 Å². The first-order valence-corrected chi connectivity index (χ1v) is 5.54. The summed E-state index contributed by atoms with van der Waals surface area (Å²) in [5, 5.41) is 0.255. The summed E-state index contributed by atoms with van der Waals surface area (Å²) in [6.45, 7) is 1.39. The molecule has 0 spiro atoms. The summed E-state index contributed by atoms with van der Waals surface area (Å²) in [7, 11) is 0. The Balaban J connectivity index is 2.88. The second-order valence-electron chi connectivity index (χ2n) is 3.07. The first-order valence-electron chi connectivity index (χ1n) is 4.37. The van der Waals surface area contributed by atoms with Crippen LogP contribution in [0.2, 0.25) is 5.02 Å². The number of amides is 1. The molecule has 86 valence electrons. The molecule has 0 radical (unpaired) electrons. The number of rotatable bonds is 3. The lowest BCUT2D eigenvalue weighted by atomic mass is 10.2. The summed E-state index contributed by atoms with van der Waals surface area (Å²) in [4.78, 5) is 22.3. The Bertz CT molecular complexity index is 436. The maximum Gasteiger partial charge on any atom is 0.340 e. The van der Waals surface area contributed by atoms with Gasteiger partial charge in [-0.3, -0.25) is 4.79 Å². The molecule has 0 aliphatic rings. The molecule has 1 rings (SSSR count). The van der Waals surface area contributed by atoms with Crippen LogP contribution in [0.3, 0.4) is 0 Å². The van der Waals surface area contributed by atoms with E-state index < -0.39 is 18.0 Å². The lowest BCUT2D eigenvalue weighted by Crippen LogP contribution is -2.30. The summed E-state index contributed by atoms with van der Waals surface area (Å²) in [6, 6.07) is 4.76. The van der Waals surface area contributed by atoms with E-state index in [2.05, 4.69) is 15.9 Å². The van der Waals surface area contributed by atoms with Gasteiger partial charge in [0.2, 0.25) is 0 Å². The van der Waals surface area contributed by atoms with Crippen LogP contribution in [0.5, 0.6) is 0 Å². The van der Waals surface area contributed by atoms with Crippen molar-refractivity contribution in [3.8, 4) is 0 Å². The number of hydrogen-bond acceptors (Lipinski definition) is 3. The summed E-state index contributed by atoms with van der Waals surface area (Å²) < 4.78 is 5.51. The zero-order chi connectivity index (χ0) is 12.3. The number of primary amides is 1. The highest BCUT2D eigenvalue weighted by Gasteiger charge is 2.18. The maximum atomic E-state index is 11.6. The number of hydrogen-bond donors (Lipinski definition) is 1. The van der Waals surface area contributed by atoms with Gasteiger partial charge in [-0.15, -0.1) is 0 Å². The molecule has 4 nitrogen and oxygen atoms in total. The van der Waals surface area contributed by atoms with Crippen molar-refractivity contribution in [3.63, 3.8) is 0 Å². The molecule has 1 atom stereocenters. The highest BCUT2D eigenvalue weighted by molar-refractivity contribution is 9.10.